The molecule has 0 aliphatic rings. The first-order valence-corrected chi connectivity index (χ1v) is 9.67. The van der Waals surface area contributed by atoms with E-state index in [9.17, 15) is 9.59 Å². The Morgan fingerprint density at radius 2 is 1.57 bits per heavy atom. The van der Waals surface area contributed by atoms with Crippen molar-refractivity contribution in [3.63, 3.8) is 0 Å². The Hall–Kier alpha value is -2.82. The Morgan fingerprint density at radius 3 is 2.07 bits per heavy atom. The molecule has 0 spiro atoms. The number of hydrogen-bond acceptors (Lipinski definition) is 3. The normalized spacial score (nSPS) is 12.9. The number of nitrogens with one attached hydrogen (secondary N) is 2. The van der Waals surface area contributed by atoms with E-state index in [1.807, 2.05) is 64.1 Å². The van der Waals surface area contributed by atoms with Crippen molar-refractivity contribution in [1.82, 2.24) is 10.6 Å². The maximum atomic E-state index is 12.9. The number of ether oxygens (including phenoxy) is 1. The molecule has 2 aromatic carbocycles. The quantitative estimate of drug-likeness (QED) is 0.724. The fraction of sp³-hybridized carbons (Fsp3) is 0.391. The van der Waals surface area contributed by atoms with E-state index in [0.717, 1.165) is 23.3 Å². The van der Waals surface area contributed by atoms with Crippen molar-refractivity contribution < 1.29 is 14.3 Å². The number of rotatable bonds is 8. The van der Waals surface area contributed by atoms with Gasteiger partial charge < -0.3 is 15.4 Å². The topological polar surface area (TPSA) is 67.4 Å². The van der Waals surface area contributed by atoms with Crippen LogP contribution in [0.2, 0.25) is 0 Å². The molecule has 5 nitrogen and oxygen atoms in total. The monoisotopic (exact) mass is 382 g/mol. The maximum Gasteiger partial charge on any atom is 0.251 e. The second-order valence-electron chi connectivity index (χ2n) is 7.30. The Morgan fingerprint density at radius 1 is 0.964 bits per heavy atom. The largest absolute Gasteiger partial charge is 0.497 e. The standard InChI is InChI=1S/C23H30N2O3/c1-6-20(17-11-13-19(28-5)14-12-17)24-23(27)21(15(2)3)25-22(26)18-9-7-16(4)8-10-18/h7-15,20-21H,6H2,1-5H3,(H,24,27)(H,25,26). The van der Waals surface area contributed by atoms with E-state index in [2.05, 4.69) is 10.6 Å². The summed E-state index contributed by atoms with van der Waals surface area (Å²) in [5.74, 6) is 0.308. The first kappa shape index (κ1) is 21.5. The molecule has 0 radical (unpaired) electrons. The third-order valence-electron chi connectivity index (χ3n) is 4.79. The lowest BCUT2D eigenvalue weighted by atomic mass is 10.00. The van der Waals surface area contributed by atoms with Crippen molar-refractivity contribution >= 4 is 11.8 Å². The number of carbonyl (C=O) groups excluding carboxylic acids is 2. The molecule has 5 heteroatoms. The Balaban J connectivity index is 2.09. The highest BCUT2D eigenvalue weighted by atomic mass is 16.5. The van der Waals surface area contributed by atoms with Crippen LogP contribution in [-0.2, 0) is 4.79 Å². The average Bonchev–Trinajstić information content (AvgIpc) is 2.70. The van der Waals surface area contributed by atoms with Gasteiger partial charge in [0.05, 0.1) is 13.2 Å². The van der Waals surface area contributed by atoms with Gasteiger partial charge in [-0.1, -0.05) is 50.6 Å². The van der Waals surface area contributed by atoms with Gasteiger partial charge in [0, 0.05) is 5.56 Å². The fourth-order valence-corrected chi connectivity index (χ4v) is 2.98. The lowest BCUT2D eigenvalue weighted by molar-refractivity contribution is -0.124. The molecule has 0 saturated carbocycles. The number of amides is 2. The molecule has 0 heterocycles. The van der Waals surface area contributed by atoms with E-state index >= 15 is 0 Å². The van der Waals surface area contributed by atoms with Crippen LogP contribution in [0.15, 0.2) is 48.5 Å². The molecule has 150 valence electrons. The highest BCUT2D eigenvalue weighted by Crippen LogP contribution is 2.20. The maximum absolute atomic E-state index is 12.9. The minimum Gasteiger partial charge on any atom is -0.497 e. The third-order valence-corrected chi connectivity index (χ3v) is 4.79. The smallest absolute Gasteiger partial charge is 0.251 e. The molecule has 0 aliphatic heterocycles. The van der Waals surface area contributed by atoms with Gasteiger partial charge in [0.25, 0.3) is 5.91 Å². The Labute approximate surface area is 167 Å². The summed E-state index contributed by atoms with van der Waals surface area (Å²) in [6, 6.07) is 14.2. The van der Waals surface area contributed by atoms with Gasteiger partial charge in [0.2, 0.25) is 5.91 Å². The molecule has 28 heavy (non-hydrogen) atoms. The summed E-state index contributed by atoms with van der Waals surface area (Å²) in [5, 5.41) is 5.95. The van der Waals surface area contributed by atoms with E-state index in [-0.39, 0.29) is 23.8 Å². The molecular formula is C23H30N2O3. The van der Waals surface area contributed by atoms with E-state index in [4.69, 9.17) is 4.74 Å². The molecule has 0 aromatic heterocycles. The van der Waals surface area contributed by atoms with Gasteiger partial charge in [-0.2, -0.15) is 0 Å². The molecule has 2 amide bonds. The second kappa shape index (κ2) is 9.93. The first-order valence-electron chi connectivity index (χ1n) is 9.67. The summed E-state index contributed by atoms with van der Waals surface area (Å²) in [4.78, 5) is 25.5. The summed E-state index contributed by atoms with van der Waals surface area (Å²) in [6.07, 6.45) is 0.745. The van der Waals surface area contributed by atoms with Crippen LogP contribution in [0.5, 0.6) is 5.75 Å². The molecule has 0 bridgehead atoms. The van der Waals surface area contributed by atoms with Crippen LogP contribution in [0.1, 0.15) is 54.7 Å². The van der Waals surface area contributed by atoms with Crippen LogP contribution >= 0.6 is 0 Å². The number of methoxy groups -OCH3 is 1. The number of aryl methyl sites for hydroxylation is 1. The predicted molar refractivity (Wildman–Crippen MR) is 111 cm³/mol. The number of hydrogen-bond donors (Lipinski definition) is 2. The van der Waals surface area contributed by atoms with Crippen LogP contribution < -0.4 is 15.4 Å². The summed E-state index contributed by atoms with van der Waals surface area (Å²) in [5.41, 5.74) is 2.63. The zero-order valence-electron chi connectivity index (χ0n) is 17.3. The van der Waals surface area contributed by atoms with Gasteiger partial charge in [0.1, 0.15) is 11.8 Å². The molecule has 0 fully saturated rings. The van der Waals surface area contributed by atoms with Gasteiger partial charge in [0.15, 0.2) is 0 Å². The average molecular weight is 383 g/mol. The fourth-order valence-electron chi connectivity index (χ4n) is 2.98. The molecule has 0 aliphatic carbocycles. The van der Waals surface area contributed by atoms with Crippen molar-refractivity contribution in [2.45, 2.75) is 46.2 Å². The second-order valence-corrected chi connectivity index (χ2v) is 7.30. The summed E-state index contributed by atoms with van der Waals surface area (Å²) < 4.78 is 5.19. The van der Waals surface area contributed by atoms with Gasteiger partial charge in [-0.25, -0.2) is 0 Å². The zero-order valence-corrected chi connectivity index (χ0v) is 17.3. The highest BCUT2D eigenvalue weighted by molar-refractivity contribution is 5.97. The summed E-state index contributed by atoms with van der Waals surface area (Å²) in [7, 11) is 1.62. The number of benzene rings is 2. The summed E-state index contributed by atoms with van der Waals surface area (Å²) >= 11 is 0. The van der Waals surface area contributed by atoms with Crippen molar-refractivity contribution in [1.29, 1.82) is 0 Å². The minimum absolute atomic E-state index is 0.0391. The zero-order chi connectivity index (χ0) is 20.7. The van der Waals surface area contributed by atoms with Crippen LogP contribution in [0.25, 0.3) is 0 Å². The Kier molecular flexibility index (Phi) is 7.61. The lowest BCUT2D eigenvalue weighted by Gasteiger charge is -2.25. The first-order chi connectivity index (χ1) is 13.3. The van der Waals surface area contributed by atoms with Crippen molar-refractivity contribution in [2.24, 2.45) is 5.92 Å². The molecule has 2 unspecified atom stereocenters. The lowest BCUT2D eigenvalue weighted by Crippen LogP contribution is -2.50. The van der Waals surface area contributed by atoms with Crippen LogP contribution in [-0.4, -0.2) is 25.0 Å². The van der Waals surface area contributed by atoms with Gasteiger partial charge >= 0.3 is 0 Å². The van der Waals surface area contributed by atoms with Crippen LogP contribution in [0, 0.1) is 12.8 Å². The SMILES string of the molecule is CCC(NC(=O)C(NC(=O)c1ccc(C)cc1)C(C)C)c1ccc(OC)cc1. The predicted octanol–water partition coefficient (Wildman–Crippen LogP) is 4.03. The third kappa shape index (κ3) is 5.59. The Bertz CT molecular complexity index is 782. The van der Waals surface area contributed by atoms with Crippen LogP contribution in [0.4, 0.5) is 0 Å². The minimum atomic E-state index is -0.610. The van der Waals surface area contributed by atoms with Crippen LogP contribution in [0.3, 0.4) is 0 Å². The van der Waals surface area contributed by atoms with Gasteiger partial charge in [-0.15, -0.1) is 0 Å². The molecule has 2 aromatic rings. The molecule has 2 N–H and O–H groups in total. The van der Waals surface area contributed by atoms with Crippen molar-refractivity contribution in [3.8, 4) is 5.75 Å². The van der Waals surface area contributed by atoms with Gasteiger partial charge in [-0.05, 0) is 49.1 Å². The van der Waals surface area contributed by atoms with E-state index < -0.39 is 6.04 Å². The van der Waals surface area contributed by atoms with Gasteiger partial charge in [-0.3, -0.25) is 9.59 Å². The molecule has 2 atom stereocenters. The summed E-state index contributed by atoms with van der Waals surface area (Å²) in [6.45, 7) is 7.84. The number of carbonyl (C=O) groups is 2. The van der Waals surface area contributed by atoms with E-state index in [1.54, 1.807) is 19.2 Å². The molecule has 2 rings (SSSR count). The highest BCUT2D eigenvalue weighted by Gasteiger charge is 2.26. The molecular weight excluding hydrogens is 352 g/mol. The van der Waals surface area contributed by atoms with Crippen molar-refractivity contribution in [2.75, 3.05) is 7.11 Å². The van der Waals surface area contributed by atoms with E-state index in [1.165, 1.54) is 0 Å². The van der Waals surface area contributed by atoms with E-state index in [0.29, 0.717) is 5.56 Å². The molecule has 0 saturated heterocycles. The van der Waals surface area contributed by atoms with Crippen molar-refractivity contribution in [3.05, 3.63) is 65.2 Å².